The number of pyridine rings is 1. The van der Waals surface area contributed by atoms with Crippen LogP contribution in [0.15, 0.2) is 60.8 Å². The van der Waals surface area contributed by atoms with Gasteiger partial charge in [-0.3, -0.25) is 0 Å². The fraction of sp³-hybridized carbons (Fsp3) is 0.250. The molecular formula is C24H23N5O. The van der Waals surface area contributed by atoms with Gasteiger partial charge < -0.3 is 5.11 Å². The molecular weight excluding hydrogens is 374 g/mol. The predicted molar refractivity (Wildman–Crippen MR) is 115 cm³/mol. The number of hydrogen-bond donors (Lipinski definition) is 1. The highest BCUT2D eigenvalue weighted by Crippen LogP contribution is 2.30. The van der Waals surface area contributed by atoms with E-state index in [0.717, 1.165) is 27.6 Å². The highest BCUT2D eigenvalue weighted by molar-refractivity contribution is 5.95. The maximum Gasteiger partial charge on any atom is 0.141 e. The van der Waals surface area contributed by atoms with Gasteiger partial charge in [0.1, 0.15) is 23.1 Å². The summed E-state index contributed by atoms with van der Waals surface area (Å²) in [5.41, 5.74) is 3.83. The van der Waals surface area contributed by atoms with Gasteiger partial charge in [-0.1, -0.05) is 61.5 Å². The summed E-state index contributed by atoms with van der Waals surface area (Å²) in [5, 5.41) is 29.5. The van der Waals surface area contributed by atoms with Crippen LogP contribution < -0.4 is 0 Å². The zero-order valence-corrected chi connectivity index (χ0v) is 17.1. The molecule has 30 heavy (non-hydrogen) atoms. The van der Waals surface area contributed by atoms with Crippen molar-refractivity contribution in [3.05, 3.63) is 77.7 Å². The van der Waals surface area contributed by atoms with Gasteiger partial charge in [-0.05, 0) is 41.7 Å². The van der Waals surface area contributed by atoms with Crippen LogP contribution >= 0.6 is 0 Å². The van der Waals surface area contributed by atoms with Crippen molar-refractivity contribution in [3.8, 4) is 17.2 Å². The molecule has 0 bridgehead atoms. The van der Waals surface area contributed by atoms with Crippen LogP contribution in [0.5, 0.6) is 0 Å². The molecule has 2 heterocycles. The summed E-state index contributed by atoms with van der Waals surface area (Å²) >= 11 is 0. The first kappa shape index (κ1) is 19.7. The van der Waals surface area contributed by atoms with Crippen LogP contribution in [0.25, 0.3) is 22.0 Å². The zero-order valence-electron chi connectivity index (χ0n) is 17.1. The minimum absolute atomic E-state index is 0.387. The molecule has 2 aromatic carbocycles. The minimum atomic E-state index is -0.949. The molecule has 0 aliphatic carbocycles. The first-order valence-electron chi connectivity index (χ1n) is 10.1. The van der Waals surface area contributed by atoms with E-state index in [2.05, 4.69) is 21.4 Å². The number of hydrogen-bond acceptors (Lipinski definition) is 5. The van der Waals surface area contributed by atoms with Gasteiger partial charge in [-0.2, -0.15) is 5.26 Å². The van der Waals surface area contributed by atoms with Crippen LogP contribution in [0.4, 0.5) is 0 Å². The first-order valence-corrected chi connectivity index (χ1v) is 10.1. The Kier molecular flexibility index (Phi) is 5.30. The molecule has 4 aromatic rings. The molecule has 1 N–H and O–H groups in total. The lowest BCUT2D eigenvalue weighted by atomic mass is 9.94. The van der Waals surface area contributed by atoms with Crippen molar-refractivity contribution < 1.29 is 5.11 Å². The molecule has 150 valence electrons. The van der Waals surface area contributed by atoms with Crippen molar-refractivity contribution in [2.24, 2.45) is 0 Å². The van der Waals surface area contributed by atoms with Gasteiger partial charge in [0.15, 0.2) is 0 Å². The summed E-state index contributed by atoms with van der Waals surface area (Å²) in [5.74, 6) is 0. The molecule has 6 nitrogen and oxygen atoms in total. The third kappa shape index (κ3) is 3.68. The fourth-order valence-electron chi connectivity index (χ4n) is 3.67. The number of rotatable bonds is 6. The molecule has 2 aromatic heterocycles. The highest BCUT2D eigenvalue weighted by atomic mass is 16.3. The second kappa shape index (κ2) is 8.05. The standard InChI is InChI=1S/C24H23N5O/c1-3-24(30,4-2)23-16-29(28-27-23)15-17-10-11-20-21(18-8-6-5-7-9-18)13-19(14-25)26-22(20)12-17/h5-13,16,30H,3-4,15H2,1-2H3. The van der Waals surface area contributed by atoms with E-state index in [1.165, 1.54) is 0 Å². The van der Waals surface area contributed by atoms with Crippen LogP contribution in [0.2, 0.25) is 0 Å². The Hall–Kier alpha value is -3.56. The Morgan fingerprint density at radius 1 is 1.07 bits per heavy atom. The van der Waals surface area contributed by atoms with Crippen molar-refractivity contribution in [1.29, 1.82) is 5.26 Å². The molecule has 0 aliphatic heterocycles. The zero-order chi connectivity index (χ0) is 21.1. The topological polar surface area (TPSA) is 87.6 Å². The lowest BCUT2D eigenvalue weighted by Gasteiger charge is -2.21. The monoisotopic (exact) mass is 397 g/mol. The van der Waals surface area contributed by atoms with E-state index < -0.39 is 5.60 Å². The van der Waals surface area contributed by atoms with Crippen LogP contribution in [0.1, 0.15) is 43.6 Å². The SMILES string of the molecule is CCC(O)(CC)c1cn(Cc2ccc3c(-c4ccccc4)cc(C#N)nc3c2)nn1. The fourth-order valence-corrected chi connectivity index (χ4v) is 3.67. The molecule has 0 amide bonds. The Labute approximate surface area is 175 Å². The molecule has 0 unspecified atom stereocenters. The third-order valence-corrected chi connectivity index (χ3v) is 5.60. The van der Waals surface area contributed by atoms with Crippen LogP contribution in [0, 0.1) is 11.3 Å². The number of aliphatic hydroxyl groups is 1. The van der Waals surface area contributed by atoms with Crippen molar-refractivity contribution in [3.63, 3.8) is 0 Å². The molecule has 0 aliphatic rings. The van der Waals surface area contributed by atoms with Crippen LogP contribution in [0.3, 0.4) is 0 Å². The van der Waals surface area contributed by atoms with E-state index in [1.807, 2.05) is 68.4 Å². The summed E-state index contributed by atoms with van der Waals surface area (Å²) in [6.45, 7) is 4.38. The van der Waals surface area contributed by atoms with Gasteiger partial charge in [0.2, 0.25) is 0 Å². The summed E-state index contributed by atoms with van der Waals surface area (Å²) in [6.07, 6.45) is 2.97. The number of nitrogens with zero attached hydrogens (tertiary/aromatic N) is 5. The molecule has 0 saturated carbocycles. The van der Waals surface area contributed by atoms with Crippen LogP contribution in [-0.4, -0.2) is 25.1 Å². The van der Waals surface area contributed by atoms with Gasteiger partial charge in [-0.15, -0.1) is 5.10 Å². The normalized spacial score (nSPS) is 11.5. The predicted octanol–water partition coefficient (Wildman–Crippen LogP) is 4.42. The summed E-state index contributed by atoms with van der Waals surface area (Å²) < 4.78 is 1.72. The third-order valence-electron chi connectivity index (χ3n) is 5.60. The summed E-state index contributed by atoms with van der Waals surface area (Å²) in [4.78, 5) is 4.51. The van der Waals surface area contributed by atoms with E-state index in [4.69, 9.17) is 0 Å². The Balaban J connectivity index is 1.71. The Morgan fingerprint density at radius 3 is 2.53 bits per heavy atom. The number of benzene rings is 2. The van der Waals surface area contributed by atoms with Crippen molar-refractivity contribution in [1.82, 2.24) is 20.0 Å². The maximum absolute atomic E-state index is 10.7. The molecule has 6 heteroatoms. The van der Waals surface area contributed by atoms with Gasteiger partial charge in [0, 0.05) is 5.39 Å². The van der Waals surface area contributed by atoms with Gasteiger partial charge in [-0.25, -0.2) is 9.67 Å². The lowest BCUT2D eigenvalue weighted by Crippen LogP contribution is -2.23. The molecule has 0 fully saturated rings. The van der Waals surface area contributed by atoms with Gasteiger partial charge in [0.25, 0.3) is 0 Å². The number of nitriles is 1. The first-order chi connectivity index (χ1) is 14.6. The van der Waals surface area contributed by atoms with Crippen molar-refractivity contribution in [2.45, 2.75) is 38.8 Å². The second-order valence-electron chi connectivity index (χ2n) is 7.42. The average Bonchev–Trinajstić information content (AvgIpc) is 3.27. The average molecular weight is 397 g/mol. The quantitative estimate of drug-likeness (QED) is 0.520. The van der Waals surface area contributed by atoms with E-state index in [9.17, 15) is 10.4 Å². The molecule has 0 spiro atoms. The highest BCUT2D eigenvalue weighted by Gasteiger charge is 2.28. The summed E-state index contributed by atoms with van der Waals surface area (Å²) in [7, 11) is 0. The minimum Gasteiger partial charge on any atom is -0.383 e. The second-order valence-corrected chi connectivity index (χ2v) is 7.42. The van der Waals surface area contributed by atoms with Gasteiger partial charge in [0.05, 0.1) is 18.3 Å². The molecule has 0 radical (unpaired) electrons. The number of aromatic nitrogens is 4. The molecule has 0 saturated heterocycles. The molecule has 4 rings (SSSR count). The molecule has 0 atom stereocenters. The summed E-state index contributed by atoms with van der Waals surface area (Å²) in [6, 6.07) is 20.1. The van der Waals surface area contributed by atoms with Crippen molar-refractivity contribution >= 4 is 10.9 Å². The maximum atomic E-state index is 10.7. The Bertz CT molecular complexity index is 1220. The van der Waals surface area contributed by atoms with E-state index in [-0.39, 0.29) is 0 Å². The lowest BCUT2D eigenvalue weighted by molar-refractivity contribution is 0.0239. The largest absolute Gasteiger partial charge is 0.383 e. The van der Waals surface area contributed by atoms with E-state index >= 15 is 0 Å². The smallest absolute Gasteiger partial charge is 0.141 e. The van der Waals surface area contributed by atoms with Crippen molar-refractivity contribution in [2.75, 3.05) is 0 Å². The van der Waals surface area contributed by atoms with Gasteiger partial charge >= 0.3 is 0 Å². The number of fused-ring (bicyclic) bond motifs is 1. The van der Waals surface area contributed by atoms with E-state index in [0.29, 0.717) is 30.8 Å². The van der Waals surface area contributed by atoms with Crippen LogP contribution in [-0.2, 0) is 12.1 Å². The van der Waals surface area contributed by atoms with E-state index in [1.54, 1.807) is 10.9 Å². The Morgan fingerprint density at radius 2 is 1.83 bits per heavy atom.